The zero-order valence-corrected chi connectivity index (χ0v) is 13.9. The van der Waals surface area contributed by atoms with E-state index in [0.717, 1.165) is 41.0 Å². The van der Waals surface area contributed by atoms with Gasteiger partial charge in [0.05, 0.1) is 14.2 Å². The summed E-state index contributed by atoms with van der Waals surface area (Å²) >= 11 is 3.57. The van der Waals surface area contributed by atoms with Gasteiger partial charge in [0.15, 0.2) is 11.5 Å². The van der Waals surface area contributed by atoms with E-state index in [1.165, 1.54) is 5.56 Å². The number of hydrogen-bond acceptors (Lipinski definition) is 3. The first-order valence-electron chi connectivity index (χ1n) is 6.90. The number of ether oxygens (including phenoxy) is 2. The summed E-state index contributed by atoms with van der Waals surface area (Å²) in [6, 6.07) is 14.3. The second-order valence-corrected chi connectivity index (χ2v) is 5.53. The van der Waals surface area contributed by atoms with Crippen molar-refractivity contribution in [1.82, 2.24) is 5.32 Å². The molecule has 0 unspecified atom stereocenters. The Morgan fingerprint density at radius 1 is 1.00 bits per heavy atom. The van der Waals surface area contributed by atoms with Crippen LogP contribution < -0.4 is 14.8 Å². The lowest BCUT2D eigenvalue weighted by Crippen LogP contribution is -2.17. The summed E-state index contributed by atoms with van der Waals surface area (Å²) in [4.78, 5) is 0. The minimum Gasteiger partial charge on any atom is -0.493 e. The molecule has 0 amide bonds. The first-order chi connectivity index (χ1) is 10.3. The van der Waals surface area contributed by atoms with Crippen molar-refractivity contribution in [3.05, 3.63) is 58.1 Å². The van der Waals surface area contributed by atoms with Crippen molar-refractivity contribution >= 4 is 15.9 Å². The molecule has 2 rings (SSSR count). The largest absolute Gasteiger partial charge is 0.493 e. The molecule has 0 aliphatic carbocycles. The van der Waals surface area contributed by atoms with Crippen LogP contribution in [0.2, 0.25) is 0 Å². The fraction of sp³-hybridized carbons (Fsp3) is 0.294. The van der Waals surface area contributed by atoms with Crippen molar-refractivity contribution in [2.24, 2.45) is 0 Å². The molecule has 2 aromatic rings. The van der Waals surface area contributed by atoms with Crippen LogP contribution in [0.25, 0.3) is 0 Å². The summed E-state index contributed by atoms with van der Waals surface area (Å²) in [5.41, 5.74) is 2.41. The minimum absolute atomic E-state index is 0.730. The van der Waals surface area contributed by atoms with Crippen LogP contribution >= 0.6 is 15.9 Å². The quantitative estimate of drug-likeness (QED) is 0.771. The van der Waals surface area contributed by atoms with E-state index in [1.807, 2.05) is 18.2 Å². The Labute approximate surface area is 134 Å². The van der Waals surface area contributed by atoms with E-state index in [0.29, 0.717) is 0 Å². The summed E-state index contributed by atoms with van der Waals surface area (Å²) in [6.45, 7) is 1.64. The van der Waals surface area contributed by atoms with Gasteiger partial charge in [-0.3, -0.25) is 0 Å². The van der Waals surface area contributed by atoms with E-state index in [9.17, 15) is 0 Å². The van der Waals surface area contributed by atoms with E-state index >= 15 is 0 Å². The number of nitrogens with one attached hydrogen (secondary N) is 1. The molecule has 112 valence electrons. The van der Waals surface area contributed by atoms with Crippen molar-refractivity contribution in [2.75, 3.05) is 20.8 Å². The van der Waals surface area contributed by atoms with Gasteiger partial charge in [-0.1, -0.05) is 46.3 Å². The third kappa shape index (κ3) is 4.22. The lowest BCUT2D eigenvalue weighted by molar-refractivity contribution is 0.350. The summed E-state index contributed by atoms with van der Waals surface area (Å²) < 4.78 is 11.8. The second kappa shape index (κ2) is 8.05. The van der Waals surface area contributed by atoms with Gasteiger partial charge in [-0.25, -0.2) is 0 Å². The van der Waals surface area contributed by atoms with Crippen molar-refractivity contribution in [3.63, 3.8) is 0 Å². The van der Waals surface area contributed by atoms with Gasteiger partial charge in [0.2, 0.25) is 0 Å². The van der Waals surface area contributed by atoms with Crippen LogP contribution in [-0.2, 0) is 13.0 Å². The third-order valence-electron chi connectivity index (χ3n) is 3.33. The van der Waals surface area contributed by atoms with Crippen LogP contribution in [0.4, 0.5) is 0 Å². The highest BCUT2D eigenvalue weighted by atomic mass is 79.9. The van der Waals surface area contributed by atoms with E-state index in [2.05, 4.69) is 45.5 Å². The van der Waals surface area contributed by atoms with Gasteiger partial charge in [-0.05, 0) is 30.7 Å². The van der Waals surface area contributed by atoms with E-state index in [4.69, 9.17) is 9.47 Å². The molecule has 0 atom stereocenters. The van der Waals surface area contributed by atoms with Gasteiger partial charge in [0.1, 0.15) is 0 Å². The predicted molar refractivity (Wildman–Crippen MR) is 89.1 cm³/mol. The molecule has 0 bridgehead atoms. The van der Waals surface area contributed by atoms with Crippen LogP contribution in [0.1, 0.15) is 11.1 Å². The molecule has 0 aromatic heterocycles. The van der Waals surface area contributed by atoms with Crippen molar-refractivity contribution < 1.29 is 9.47 Å². The zero-order valence-electron chi connectivity index (χ0n) is 12.4. The summed E-state index contributed by atoms with van der Waals surface area (Å²) in [7, 11) is 3.32. The average molecular weight is 350 g/mol. The lowest BCUT2D eigenvalue weighted by Gasteiger charge is -2.15. The minimum atomic E-state index is 0.730. The van der Waals surface area contributed by atoms with Gasteiger partial charge in [0, 0.05) is 16.6 Å². The maximum Gasteiger partial charge on any atom is 0.166 e. The standard InChI is InChI=1S/C17H20BrNO2/c1-20-16-9-8-15(18)14(17(16)21-2)12-19-11-10-13-6-4-3-5-7-13/h3-9,19H,10-12H2,1-2H3. The fourth-order valence-electron chi connectivity index (χ4n) is 2.22. The van der Waals surface area contributed by atoms with Crippen LogP contribution in [0, 0.1) is 0 Å². The molecular formula is C17H20BrNO2. The van der Waals surface area contributed by atoms with Crippen LogP contribution in [0.5, 0.6) is 11.5 Å². The molecule has 0 spiro atoms. The molecule has 1 N–H and O–H groups in total. The van der Waals surface area contributed by atoms with Gasteiger partial charge >= 0.3 is 0 Å². The van der Waals surface area contributed by atoms with Gasteiger partial charge in [-0.2, -0.15) is 0 Å². The Kier molecular flexibility index (Phi) is 6.08. The molecule has 0 saturated carbocycles. The molecule has 0 aliphatic heterocycles. The Balaban J connectivity index is 1.96. The number of halogens is 1. The second-order valence-electron chi connectivity index (χ2n) is 4.67. The number of methoxy groups -OCH3 is 2. The Hall–Kier alpha value is -1.52. The first-order valence-corrected chi connectivity index (χ1v) is 7.69. The van der Waals surface area contributed by atoms with Crippen LogP contribution in [0.3, 0.4) is 0 Å². The first kappa shape index (κ1) is 15.9. The average Bonchev–Trinajstić information content (AvgIpc) is 2.53. The van der Waals surface area contributed by atoms with E-state index in [1.54, 1.807) is 14.2 Å². The Bertz CT molecular complexity index is 573. The summed E-state index contributed by atoms with van der Waals surface area (Å²) in [5, 5.41) is 3.45. The number of benzene rings is 2. The maximum absolute atomic E-state index is 5.47. The molecule has 0 radical (unpaired) electrons. The van der Waals surface area contributed by atoms with Gasteiger partial charge < -0.3 is 14.8 Å². The summed E-state index contributed by atoms with van der Waals surface area (Å²) in [6.07, 6.45) is 1.00. The van der Waals surface area contributed by atoms with Gasteiger partial charge in [-0.15, -0.1) is 0 Å². The third-order valence-corrected chi connectivity index (χ3v) is 4.07. The van der Waals surface area contributed by atoms with Crippen molar-refractivity contribution in [2.45, 2.75) is 13.0 Å². The molecule has 0 aliphatic rings. The monoisotopic (exact) mass is 349 g/mol. The lowest BCUT2D eigenvalue weighted by atomic mass is 10.1. The maximum atomic E-state index is 5.47. The Morgan fingerprint density at radius 2 is 1.76 bits per heavy atom. The topological polar surface area (TPSA) is 30.5 Å². The molecule has 0 heterocycles. The van der Waals surface area contributed by atoms with Crippen molar-refractivity contribution in [1.29, 1.82) is 0 Å². The Morgan fingerprint density at radius 3 is 2.43 bits per heavy atom. The molecule has 2 aromatic carbocycles. The number of hydrogen-bond donors (Lipinski definition) is 1. The fourth-order valence-corrected chi connectivity index (χ4v) is 2.67. The zero-order chi connectivity index (χ0) is 15.1. The van der Waals surface area contributed by atoms with Crippen molar-refractivity contribution in [3.8, 4) is 11.5 Å². The number of rotatable bonds is 7. The van der Waals surface area contributed by atoms with E-state index < -0.39 is 0 Å². The molecule has 3 nitrogen and oxygen atoms in total. The van der Waals surface area contributed by atoms with Crippen LogP contribution in [0.15, 0.2) is 46.9 Å². The molecular weight excluding hydrogens is 330 g/mol. The highest BCUT2D eigenvalue weighted by Crippen LogP contribution is 2.35. The van der Waals surface area contributed by atoms with Crippen LogP contribution in [-0.4, -0.2) is 20.8 Å². The highest BCUT2D eigenvalue weighted by Gasteiger charge is 2.13. The summed E-state index contributed by atoms with van der Waals surface area (Å²) in [5.74, 6) is 1.53. The molecule has 0 fully saturated rings. The molecule has 21 heavy (non-hydrogen) atoms. The normalized spacial score (nSPS) is 10.4. The molecule has 0 saturated heterocycles. The SMILES string of the molecule is COc1ccc(Br)c(CNCCc2ccccc2)c1OC. The smallest absolute Gasteiger partial charge is 0.166 e. The highest BCUT2D eigenvalue weighted by molar-refractivity contribution is 9.10. The predicted octanol–water partition coefficient (Wildman–Crippen LogP) is 3.80. The van der Waals surface area contributed by atoms with Gasteiger partial charge in [0.25, 0.3) is 0 Å². The van der Waals surface area contributed by atoms with E-state index in [-0.39, 0.29) is 0 Å². The molecule has 4 heteroatoms.